The lowest BCUT2D eigenvalue weighted by Crippen LogP contribution is -2.42. The van der Waals surface area contributed by atoms with Crippen molar-refractivity contribution in [2.45, 2.75) is 72.2 Å². The molecule has 0 aromatic rings. The van der Waals surface area contributed by atoms with Gasteiger partial charge in [-0.05, 0) is 45.8 Å². The monoisotopic (exact) mass is 359 g/mol. The summed E-state index contributed by atoms with van der Waals surface area (Å²) in [7, 11) is -2.02. The van der Waals surface area contributed by atoms with Gasteiger partial charge in [0.2, 0.25) is 0 Å². The highest BCUT2D eigenvalue weighted by Crippen LogP contribution is 2.36. The number of nitrogens with one attached hydrogen (secondary N) is 1. The van der Waals surface area contributed by atoms with Crippen molar-refractivity contribution in [3.63, 3.8) is 0 Å². The zero-order valence-electron chi connectivity index (χ0n) is 16.5. The predicted octanol–water partition coefficient (Wildman–Crippen LogP) is 3.98. The molecule has 24 heavy (non-hydrogen) atoms. The van der Waals surface area contributed by atoms with Crippen LogP contribution in [-0.4, -0.2) is 39.2 Å². The molecule has 0 aliphatic rings. The Bertz CT molecular complexity index is 472. The third-order valence-electron chi connectivity index (χ3n) is 3.63. The molecule has 0 aromatic heterocycles. The molecule has 0 aromatic carbocycles. The van der Waals surface area contributed by atoms with Crippen LogP contribution in [-0.2, 0) is 18.7 Å². The number of esters is 1. The van der Waals surface area contributed by atoms with Crippen molar-refractivity contribution in [3.8, 4) is 0 Å². The third kappa shape index (κ3) is 9.07. The number of amides is 1. The van der Waals surface area contributed by atoms with Crippen molar-refractivity contribution in [3.05, 3.63) is 11.8 Å². The summed E-state index contributed by atoms with van der Waals surface area (Å²) >= 11 is 0. The maximum Gasteiger partial charge on any atom is 0.411 e. The molecule has 0 aliphatic heterocycles. The predicted molar refractivity (Wildman–Crippen MR) is 97.2 cm³/mol. The largest absolute Gasteiger partial charge is 0.463 e. The zero-order chi connectivity index (χ0) is 19.2. The lowest BCUT2D eigenvalue weighted by atomic mass is 10.2. The lowest BCUT2D eigenvalue weighted by molar-refractivity contribution is -0.137. The first-order valence-corrected chi connectivity index (χ1v) is 11.1. The Balaban J connectivity index is 5.09. The van der Waals surface area contributed by atoms with Crippen LogP contribution in [0.1, 0.15) is 48.5 Å². The molecule has 140 valence electrons. The number of rotatable bonds is 6. The van der Waals surface area contributed by atoms with Gasteiger partial charge in [-0.25, -0.2) is 9.59 Å². The summed E-state index contributed by atoms with van der Waals surface area (Å²) in [6.07, 6.45) is 0.609. The molecule has 0 rings (SSSR count). The molecule has 0 bridgehead atoms. The molecular weight excluding hydrogens is 326 g/mol. The number of carbonyl (C=O) groups excluding carboxylic acids is 2. The van der Waals surface area contributed by atoms with E-state index < -0.39 is 26.0 Å². The van der Waals surface area contributed by atoms with Crippen LogP contribution in [0.15, 0.2) is 11.8 Å². The molecule has 1 amide bonds. The van der Waals surface area contributed by atoms with E-state index in [-0.39, 0.29) is 18.3 Å². The van der Waals surface area contributed by atoms with E-state index in [1.807, 2.05) is 0 Å². The highest BCUT2D eigenvalue weighted by atomic mass is 28.4. The SMILES string of the molecule is CCOC(=O)/C=C(\CO[Si](C)(C)C(C)(C)C)NC(=O)OC(C)(C)C. The van der Waals surface area contributed by atoms with Gasteiger partial charge in [0.1, 0.15) is 5.60 Å². The van der Waals surface area contributed by atoms with Gasteiger partial charge in [-0.2, -0.15) is 0 Å². The number of carbonyl (C=O) groups is 2. The van der Waals surface area contributed by atoms with Crippen LogP contribution in [0.2, 0.25) is 18.1 Å². The third-order valence-corrected chi connectivity index (χ3v) is 8.11. The summed E-state index contributed by atoms with van der Waals surface area (Å²) in [6, 6.07) is 0. The summed E-state index contributed by atoms with van der Waals surface area (Å²) in [6.45, 7) is 18.0. The molecule has 0 unspecified atom stereocenters. The van der Waals surface area contributed by atoms with Crippen LogP contribution >= 0.6 is 0 Å². The quantitative estimate of drug-likeness (QED) is 0.441. The molecule has 0 radical (unpaired) electrons. The van der Waals surface area contributed by atoms with Crippen LogP contribution in [0, 0.1) is 0 Å². The first-order valence-electron chi connectivity index (χ1n) is 8.19. The molecule has 0 saturated carbocycles. The molecule has 0 saturated heterocycles. The fourth-order valence-corrected chi connectivity index (χ4v) is 2.30. The summed E-state index contributed by atoms with van der Waals surface area (Å²) in [4.78, 5) is 23.7. The minimum Gasteiger partial charge on any atom is -0.463 e. The number of alkyl carbamates (subject to hydrolysis) is 1. The van der Waals surface area contributed by atoms with Gasteiger partial charge in [0.25, 0.3) is 0 Å². The topological polar surface area (TPSA) is 73.9 Å². The van der Waals surface area contributed by atoms with Crippen molar-refractivity contribution < 1.29 is 23.5 Å². The van der Waals surface area contributed by atoms with Crippen molar-refractivity contribution in [2.24, 2.45) is 0 Å². The van der Waals surface area contributed by atoms with Crippen LogP contribution < -0.4 is 5.32 Å². The fourth-order valence-electron chi connectivity index (χ4n) is 1.35. The van der Waals surface area contributed by atoms with E-state index in [4.69, 9.17) is 13.9 Å². The summed E-state index contributed by atoms with van der Waals surface area (Å²) < 4.78 is 16.2. The maximum absolute atomic E-state index is 12.0. The minimum atomic E-state index is -2.02. The minimum absolute atomic E-state index is 0.0218. The Morgan fingerprint density at radius 2 is 1.62 bits per heavy atom. The Labute approximate surface area is 147 Å². The van der Waals surface area contributed by atoms with Gasteiger partial charge in [-0.3, -0.25) is 5.32 Å². The number of hydrogen-bond donors (Lipinski definition) is 1. The standard InChI is InChI=1S/C17H33NO5Si/c1-10-21-14(19)11-13(18-15(20)23-16(2,3)4)12-22-24(8,9)17(5,6)7/h11H,10,12H2,1-9H3,(H,18,20)/b13-11+. The molecule has 0 atom stereocenters. The summed E-state index contributed by atoms with van der Waals surface area (Å²) in [5.74, 6) is -0.526. The molecule has 7 heteroatoms. The Morgan fingerprint density at radius 1 is 1.08 bits per heavy atom. The lowest BCUT2D eigenvalue weighted by Gasteiger charge is -2.36. The van der Waals surface area contributed by atoms with Crippen LogP contribution in [0.3, 0.4) is 0 Å². The zero-order valence-corrected chi connectivity index (χ0v) is 17.5. The second-order valence-corrected chi connectivity index (χ2v) is 12.9. The molecular formula is C17H33NO5Si. The molecule has 6 nitrogen and oxygen atoms in total. The average molecular weight is 360 g/mol. The Kier molecular flexibility index (Phi) is 8.18. The van der Waals surface area contributed by atoms with Gasteiger partial charge >= 0.3 is 12.1 Å². The van der Waals surface area contributed by atoms with Gasteiger partial charge in [-0.1, -0.05) is 20.8 Å². The highest BCUT2D eigenvalue weighted by molar-refractivity contribution is 6.74. The van der Waals surface area contributed by atoms with Gasteiger partial charge in [0, 0.05) is 6.08 Å². The maximum atomic E-state index is 12.0. The Morgan fingerprint density at radius 3 is 2.04 bits per heavy atom. The van der Waals surface area contributed by atoms with E-state index in [2.05, 4.69) is 39.2 Å². The van der Waals surface area contributed by atoms with E-state index in [9.17, 15) is 9.59 Å². The van der Waals surface area contributed by atoms with Crippen molar-refractivity contribution in [2.75, 3.05) is 13.2 Å². The summed E-state index contributed by atoms with van der Waals surface area (Å²) in [5, 5.41) is 2.61. The van der Waals surface area contributed by atoms with Gasteiger partial charge in [-0.15, -0.1) is 0 Å². The molecule has 1 N–H and O–H groups in total. The second kappa shape index (κ2) is 8.67. The molecule has 0 heterocycles. The van der Waals surface area contributed by atoms with E-state index in [0.717, 1.165) is 0 Å². The van der Waals surface area contributed by atoms with Crippen molar-refractivity contribution >= 4 is 20.4 Å². The first kappa shape index (κ1) is 22.7. The van der Waals surface area contributed by atoms with Gasteiger partial charge in [0.05, 0.1) is 18.9 Å². The fraction of sp³-hybridized carbons (Fsp3) is 0.765. The van der Waals surface area contributed by atoms with Gasteiger partial charge < -0.3 is 13.9 Å². The second-order valence-electron chi connectivity index (χ2n) is 8.10. The number of ether oxygens (including phenoxy) is 2. The normalized spacial score (nSPS) is 13.5. The van der Waals surface area contributed by atoms with Crippen LogP contribution in [0.5, 0.6) is 0 Å². The number of hydrogen-bond acceptors (Lipinski definition) is 5. The summed E-state index contributed by atoms with van der Waals surface area (Å²) in [5.41, 5.74) is -0.299. The smallest absolute Gasteiger partial charge is 0.411 e. The van der Waals surface area contributed by atoms with Crippen LogP contribution in [0.25, 0.3) is 0 Å². The highest BCUT2D eigenvalue weighted by Gasteiger charge is 2.37. The van der Waals surface area contributed by atoms with E-state index in [1.54, 1.807) is 27.7 Å². The van der Waals surface area contributed by atoms with Crippen molar-refractivity contribution in [1.82, 2.24) is 5.32 Å². The van der Waals surface area contributed by atoms with E-state index >= 15 is 0 Å². The van der Waals surface area contributed by atoms with E-state index in [1.165, 1.54) is 6.08 Å². The van der Waals surface area contributed by atoms with Crippen LogP contribution in [0.4, 0.5) is 4.79 Å². The Hall–Kier alpha value is -1.34. The molecule has 0 aliphatic carbocycles. The first-order chi connectivity index (χ1) is 10.7. The molecule has 0 spiro atoms. The molecule has 0 fully saturated rings. The van der Waals surface area contributed by atoms with Gasteiger partial charge in [0.15, 0.2) is 8.32 Å². The van der Waals surface area contributed by atoms with E-state index in [0.29, 0.717) is 5.70 Å². The average Bonchev–Trinajstić information content (AvgIpc) is 2.32. The van der Waals surface area contributed by atoms with Crippen molar-refractivity contribution in [1.29, 1.82) is 0 Å².